The van der Waals surface area contributed by atoms with E-state index in [-0.39, 0.29) is 19.0 Å². The van der Waals surface area contributed by atoms with Gasteiger partial charge in [-0.25, -0.2) is 14.6 Å². The quantitative estimate of drug-likeness (QED) is 0.684. The highest BCUT2D eigenvalue weighted by Crippen LogP contribution is 2.25. The average Bonchev–Trinajstić information content (AvgIpc) is 2.97. The van der Waals surface area contributed by atoms with E-state index >= 15 is 0 Å². The molecule has 1 N–H and O–H groups in total. The molecule has 1 aliphatic rings. The molecule has 8 heteroatoms. The van der Waals surface area contributed by atoms with Gasteiger partial charge in [-0.3, -0.25) is 4.90 Å². The van der Waals surface area contributed by atoms with Gasteiger partial charge in [-0.1, -0.05) is 6.08 Å². The smallest absolute Gasteiger partial charge is 0.416 e. The summed E-state index contributed by atoms with van der Waals surface area (Å²) in [6, 6.07) is 3.74. The van der Waals surface area contributed by atoms with E-state index in [9.17, 15) is 14.7 Å². The standard InChI is InChI=1S/C24H37N3O5/c1-9-10-27(22(30)32-24(6,7)8)20-12-16(2)11-18(25-20)13-17-14-26(15-19(17)28)21(29)31-23(3,4)5/h9,11-12,17,19,28H,1,10,13-15H2,2-8H3/t17-,19+/m1/s1. The lowest BCUT2D eigenvalue weighted by Crippen LogP contribution is -2.37. The molecular formula is C24H37N3O5. The van der Waals surface area contributed by atoms with Gasteiger partial charge < -0.3 is 19.5 Å². The third kappa shape index (κ3) is 7.51. The molecule has 1 aromatic heterocycles. The molecule has 2 heterocycles. The maximum absolute atomic E-state index is 12.7. The van der Waals surface area contributed by atoms with Crippen molar-refractivity contribution < 1.29 is 24.2 Å². The number of likely N-dealkylation sites (tertiary alicyclic amines) is 1. The maximum atomic E-state index is 12.7. The number of carbonyl (C=O) groups excluding carboxylic acids is 2. The van der Waals surface area contributed by atoms with Crippen LogP contribution in [0.3, 0.4) is 0 Å². The van der Waals surface area contributed by atoms with Gasteiger partial charge in [0.05, 0.1) is 12.6 Å². The first-order valence-corrected chi connectivity index (χ1v) is 10.9. The monoisotopic (exact) mass is 447 g/mol. The number of aliphatic hydroxyl groups is 1. The first-order valence-electron chi connectivity index (χ1n) is 10.9. The van der Waals surface area contributed by atoms with Crippen LogP contribution in [0.2, 0.25) is 0 Å². The lowest BCUT2D eigenvalue weighted by atomic mass is 9.99. The summed E-state index contributed by atoms with van der Waals surface area (Å²) < 4.78 is 10.9. The van der Waals surface area contributed by atoms with Crippen LogP contribution < -0.4 is 4.90 Å². The molecule has 2 atom stereocenters. The van der Waals surface area contributed by atoms with E-state index in [1.54, 1.807) is 6.08 Å². The van der Waals surface area contributed by atoms with Gasteiger partial charge in [0.25, 0.3) is 0 Å². The molecule has 0 unspecified atom stereocenters. The number of aryl methyl sites for hydroxylation is 1. The number of nitrogens with zero attached hydrogens (tertiary/aromatic N) is 3. The second-order valence-corrected chi connectivity index (χ2v) is 10.3. The first-order chi connectivity index (χ1) is 14.7. The Morgan fingerprint density at radius 1 is 1.19 bits per heavy atom. The van der Waals surface area contributed by atoms with Gasteiger partial charge in [0.15, 0.2) is 0 Å². The van der Waals surface area contributed by atoms with E-state index < -0.39 is 29.5 Å². The van der Waals surface area contributed by atoms with Crippen LogP contribution in [0.1, 0.15) is 52.8 Å². The lowest BCUT2D eigenvalue weighted by molar-refractivity contribution is 0.0269. The molecule has 1 fully saturated rings. The number of amides is 2. The number of aliphatic hydroxyl groups excluding tert-OH is 1. The van der Waals surface area contributed by atoms with Crippen LogP contribution in [0.25, 0.3) is 0 Å². The van der Waals surface area contributed by atoms with Crippen LogP contribution in [0.5, 0.6) is 0 Å². The highest BCUT2D eigenvalue weighted by molar-refractivity contribution is 5.87. The first kappa shape index (κ1) is 25.6. The van der Waals surface area contributed by atoms with Crippen molar-refractivity contribution in [3.8, 4) is 0 Å². The zero-order valence-electron chi connectivity index (χ0n) is 20.3. The predicted molar refractivity (Wildman–Crippen MR) is 124 cm³/mol. The molecule has 32 heavy (non-hydrogen) atoms. The minimum atomic E-state index is -0.677. The van der Waals surface area contributed by atoms with Crippen molar-refractivity contribution in [2.24, 2.45) is 5.92 Å². The van der Waals surface area contributed by atoms with Crippen LogP contribution >= 0.6 is 0 Å². The minimum Gasteiger partial charge on any atom is -0.444 e. The fourth-order valence-electron chi connectivity index (χ4n) is 3.47. The van der Waals surface area contributed by atoms with Crippen molar-refractivity contribution in [3.63, 3.8) is 0 Å². The highest BCUT2D eigenvalue weighted by atomic mass is 16.6. The van der Waals surface area contributed by atoms with E-state index in [4.69, 9.17) is 9.47 Å². The van der Waals surface area contributed by atoms with Crippen LogP contribution in [0.4, 0.5) is 15.4 Å². The molecule has 0 aliphatic carbocycles. The van der Waals surface area contributed by atoms with Crippen LogP contribution in [-0.4, -0.2) is 64.1 Å². The number of ether oxygens (including phenoxy) is 2. The molecule has 1 aromatic rings. The van der Waals surface area contributed by atoms with Gasteiger partial charge >= 0.3 is 12.2 Å². The Morgan fingerprint density at radius 2 is 1.81 bits per heavy atom. The molecule has 2 amide bonds. The zero-order chi connectivity index (χ0) is 24.3. The van der Waals surface area contributed by atoms with Crippen LogP contribution in [0, 0.1) is 12.8 Å². The summed E-state index contributed by atoms with van der Waals surface area (Å²) in [6.07, 6.45) is 0.471. The number of rotatable bonds is 5. The third-order valence-electron chi connectivity index (χ3n) is 4.74. The predicted octanol–water partition coefficient (Wildman–Crippen LogP) is 4.09. The average molecular weight is 448 g/mol. The number of aromatic nitrogens is 1. The number of hydrogen-bond donors (Lipinski definition) is 1. The molecule has 0 bridgehead atoms. The zero-order valence-corrected chi connectivity index (χ0v) is 20.3. The summed E-state index contributed by atoms with van der Waals surface area (Å²) in [5.41, 5.74) is 0.429. The van der Waals surface area contributed by atoms with E-state index in [2.05, 4.69) is 11.6 Å². The molecule has 0 aromatic carbocycles. The summed E-state index contributed by atoms with van der Waals surface area (Å²) in [5, 5.41) is 10.5. The van der Waals surface area contributed by atoms with Gasteiger partial charge in [-0.2, -0.15) is 0 Å². The van der Waals surface area contributed by atoms with Gasteiger partial charge in [-0.15, -0.1) is 6.58 Å². The normalized spacial score (nSPS) is 18.9. The second-order valence-electron chi connectivity index (χ2n) is 10.3. The molecule has 0 radical (unpaired) electrons. The number of pyridine rings is 1. The van der Waals surface area contributed by atoms with E-state index in [0.717, 1.165) is 11.3 Å². The Bertz CT molecular complexity index is 841. The Balaban J connectivity index is 2.18. The number of carbonyl (C=O) groups is 2. The van der Waals surface area contributed by atoms with E-state index in [0.29, 0.717) is 18.8 Å². The van der Waals surface area contributed by atoms with Crippen molar-refractivity contribution in [1.82, 2.24) is 9.88 Å². The number of β-amino-alcohol motifs (C(OH)–C–C–N with tert-alkyl or cyclic N) is 1. The van der Waals surface area contributed by atoms with Crippen molar-refractivity contribution in [2.75, 3.05) is 24.5 Å². The highest BCUT2D eigenvalue weighted by Gasteiger charge is 2.36. The van der Waals surface area contributed by atoms with Crippen LogP contribution in [-0.2, 0) is 15.9 Å². The summed E-state index contributed by atoms with van der Waals surface area (Å²) in [5.74, 6) is 0.282. The van der Waals surface area contributed by atoms with Crippen molar-refractivity contribution in [3.05, 3.63) is 36.0 Å². The van der Waals surface area contributed by atoms with Crippen LogP contribution in [0.15, 0.2) is 24.8 Å². The summed E-state index contributed by atoms with van der Waals surface area (Å²) >= 11 is 0. The van der Waals surface area contributed by atoms with Gasteiger partial charge in [0.2, 0.25) is 0 Å². The Labute approximate surface area is 191 Å². The van der Waals surface area contributed by atoms with Gasteiger partial charge in [0, 0.05) is 24.7 Å². The Kier molecular flexibility index (Phi) is 7.93. The second kappa shape index (κ2) is 9.90. The van der Waals surface area contributed by atoms with Crippen molar-refractivity contribution in [1.29, 1.82) is 0 Å². The maximum Gasteiger partial charge on any atom is 0.416 e. The number of anilines is 1. The van der Waals surface area contributed by atoms with E-state index in [1.807, 2.05) is 60.6 Å². The largest absolute Gasteiger partial charge is 0.444 e. The molecule has 8 nitrogen and oxygen atoms in total. The minimum absolute atomic E-state index is 0.181. The molecule has 178 valence electrons. The summed E-state index contributed by atoms with van der Waals surface area (Å²) in [4.78, 5) is 32.7. The summed E-state index contributed by atoms with van der Waals surface area (Å²) in [7, 11) is 0. The van der Waals surface area contributed by atoms with Gasteiger partial charge in [-0.05, 0) is 72.6 Å². The lowest BCUT2D eigenvalue weighted by Gasteiger charge is -2.26. The fourth-order valence-corrected chi connectivity index (χ4v) is 3.47. The molecule has 1 saturated heterocycles. The SMILES string of the molecule is C=CCN(C(=O)OC(C)(C)C)c1cc(C)cc(C[C@@H]2CN(C(=O)OC(C)(C)C)C[C@@H]2O)n1. The molecule has 1 aliphatic heterocycles. The summed E-state index contributed by atoms with van der Waals surface area (Å²) in [6.45, 7) is 17.4. The Hall–Kier alpha value is -2.61. The molecular weight excluding hydrogens is 410 g/mol. The fraction of sp³-hybridized carbons (Fsp3) is 0.625. The molecule has 2 rings (SSSR count). The van der Waals surface area contributed by atoms with Crippen molar-refractivity contribution >= 4 is 18.0 Å². The third-order valence-corrected chi connectivity index (χ3v) is 4.74. The topological polar surface area (TPSA) is 92.2 Å². The molecule has 0 saturated carbocycles. The van der Waals surface area contributed by atoms with Gasteiger partial charge in [0.1, 0.15) is 17.0 Å². The molecule has 0 spiro atoms. The van der Waals surface area contributed by atoms with E-state index in [1.165, 1.54) is 9.80 Å². The number of hydrogen-bond acceptors (Lipinski definition) is 6. The Morgan fingerprint density at radius 3 is 2.38 bits per heavy atom. The van der Waals surface area contributed by atoms with Crippen molar-refractivity contribution in [2.45, 2.75) is 72.2 Å².